The number of halogens is 1. The Morgan fingerprint density at radius 3 is 2.31 bits per heavy atom. The van der Waals surface area contributed by atoms with Crippen LogP contribution in [0.25, 0.3) is 0 Å². The van der Waals surface area contributed by atoms with Crippen LogP contribution in [-0.2, 0) is 0 Å². The summed E-state index contributed by atoms with van der Waals surface area (Å²) in [7, 11) is 0. The molecule has 0 amide bonds. The van der Waals surface area contributed by atoms with Crippen molar-refractivity contribution in [1.29, 1.82) is 0 Å². The van der Waals surface area contributed by atoms with E-state index in [2.05, 4.69) is 23.8 Å². The third-order valence-electron chi connectivity index (χ3n) is 1.83. The van der Waals surface area contributed by atoms with Crippen LogP contribution in [0.3, 0.4) is 0 Å². The first-order chi connectivity index (χ1) is 6.06. The Bertz CT molecular complexity index is 289. The molecule has 4 heteroatoms. The maximum atomic E-state index is 6.04. The molecule has 1 aromatic heterocycles. The molecular weight excluding hydrogens is 204 g/mol. The van der Waals surface area contributed by atoms with Crippen LogP contribution < -0.4 is 0 Å². The van der Waals surface area contributed by atoms with Gasteiger partial charge in [-0.15, -0.1) is 0 Å². The quantitative estimate of drug-likeness (QED) is 0.431. The minimum Gasteiger partial charge on any atom is -0.228 e. The molecule has 72 valence electrons. The smallest absolute Gasteiger partial charge is 0.188 e. The summed E-state index contributed by atoms with van der Waals surface area (Å²) in [6, 6.07) is 0. The molecule has 2 nitrogen and oxygen atoms in total. The fourth-order valence-corrected chi connectivity index (χ4v) is 2.17. The van der Waals surface area contributed by atoms with Gasteiger partial charge in [0.05, 0.1) is 0 Å². The monoisotopic (exact) mass is 216 g/mol. The summed E-state index contributed by atoms with van der Waals surface area (Å²) in [5, 5.41) is 1.33. The lowest BCUT2D eigenvalue weighted by Gasteiger charge is -2.10. The van der Waals surface area contributed by atoms with E-state index in [1.54, 1.807) is 0 Å². The summed E-state index contributed by atoms with van der Waals surface area (Å²) >= 11 is 7.55. The zero-order valence-electron chi connectivity index (χ0n) is 8.26. The van der Waals surface area contributed by atoms with Crippen LogP contribution >= 0.6 is 23.4 Å². The highest BCUT2D eigenvalue weighted by atomic mass is 35.5. The van der Waals surface area contributed by atoms with E-state index in [1.165, 1.54) is 11.8 Å². The van der Waals surface area contributed by atoms with Crippen molar-refractivity contribution in [2.24, 2.45) is 0 Å². The molecule has 0 atom stereocenters. The summed E-state index contributed by atoms with van der Waals surface area (Å²) < 4.78 is 0. The van der Waals surface area contributed by atoms with Gasteiger partial charge < -0.3 is 0 Å². The fraction of sp³-hybridized carbons (Fsp3) is 0.556. The van der Waals surface area contributed by atoms with Crippen LogP contribution in [0.1, 0.15) is 31.0 Å². The Balaban J connectivity index is 3.23. The molecule has 0 aliphatic heterocycles. The van der Waals surface area contributed by atoms with E-state index in [9.17, 15) is 0 Å². The minimum atomic E-state index is 0.378. The van der Waals surface area contributed by atoms with Crippen LogP contribution in [0.5, 0.6) is 0 Å². The number of aryl methyl sites for hydroxylation is 1. The van der Waals surface area contributed by atoms with E-state index in [4.69, 9.17) is 11.6 Å². The van der Waals surface area contributed by atoms with E-state index >= 15 is 0 Å². The average Bonchev–Trinajstić information content (AvgIpc) is 2.02. The molecule has 0 aliphatic carbocycles. The van der Waals surface area contributed by atoms with Crippen molar-refractivity contribution in [3.8, 4) is 0 Å². The lowest BCUT2D eigenvalue weighted by atomic mass is 10.0. The van der Waals surface area contributed by atoms with E-state index in [1.807, 2.05) is 13.2 Å². The molecule has 0 radical (unpaired) electrons. The van der Waals surface area contributed by atoms with Crippen LogP contribution in [0.15, 0.2) is 5.16 Å². The highest BCUT2D eigenvalue weighted by Crippen LogP contribution is 2.26. The second-order valence-corrected chi connectivity index (χ2v) is 4.29. The number of hydrogen-bond acceptors (Lipinski definition) is 3. The highest BCUT2D eigenvalue weighted by Gasteiger charge is 2.12. The number of hydrogen-bond donors (Lipinski definition) is 0. The van der Waals surface area contributed by atoms with Crippen molar-refractivity contribution in [3.05, 3.63) is 16.4 Å². The molecule has 0 saturated carbocycles. The van der Waals surface area contributed by atoms with Crippen LogP contribution in [0.2, 0.25) is 5.15 Å². The van der Waals surface area contributed by atoms with Gasteiger partial charge in [-0.2, -0.15) is 0 Å². The molecule has 0 N–H and O–H groups in total. The van der Waals surface area contributed by atoms with Crippen molar-refractivity contribution in [3.63, 3.8) is 0 Å². The minimum absolute atomic E-state index is 0.378. The van der Waals surface area contributed by atoms with Gasteiger partial charge in [0, 0.05) is 11.3 Å². The van der Waals surface area contributed by atoms with Crippen molar-refractivity contribution in [2.75, 3.05) is 6.26 Å². The molecule has 0 aliphatic rings. The summed E-state index contributed by atoms with van der Waals surface area (Å²) in [4.78, 5) is 8.53. The summed E-state index contributed by atoms with van der Waals surface area (Å²) in [5.74, 6) is 0.378. The Hall–Kier alpha value is -0.280. The third-order valence-corrected chi connectivity index (χ3v) is 2.66. The molecule has 1 heterocycles. The first kappa shape index (κ1) is 10.8. The Labute approximate surface area is 88.1 Å². The van der Waals surface area contributed by atoms with Gasteiger partial charge in [-0.3, -0.25) is 0 Å². The lowest BCUT2D eigenvalue weighted by Crippen LogP contribution is -2.00. The third kappa shape index (κ3) is 2.35. The van der Waals surface area contributed by atoms with Gasteiger partial charge in [-0.1, -0.05) is 37.2 Å². The predicted octanol–water partition coefficient (Wildman–Crippen LogP) is 3.28. The summed E-state index contributed by atoms with van der Waals surface area (Å²) in [5.41, 5.74) is 2.04. The molecule has 0 fully saturated rings. The zero-order chi connectivity index (χ0) is 10.0. The Kier molecular flexibility index (Phi) is 3.56. The summed E-state index contributed by atoms with van der Waals surface area (Å²) in [6.07, 6.45) is 1.94. The van der Waals surface area contributed by atoms with Crippen molar-refractivity contribution >= 4 is 23.4 Å². The van der Waals surface area contributed by atoms with E-state index in [-0.39, 0.29) is 0 Å². The van der Waals surface area contributed by atoms with Gasteiger partial charge in [0.1, 0.15) is 5.15 Å². The standard InChI is InChI=1S/C9H13ClN2S/c1-5(2)7-6(3)11-9(13-4)12-8(7)10/h5H,1-4H3. The van der Waals surface area contributed by atoms with E-state index < -0.39 is 0 Å². The maximum Gasteiger partial charge on any atom is 0.188 e. The molecule has 0 bridgehead atoms. The normalized spacial score (nSPS) is 10.9. The molecule has 0 aromatic carbocycles. The first-order valence-electron chi connectivity index (χ1n) is 4.14. The number of thioether (sulfide) groups is 1. The predicted molar refractivity (Wildman–Crippen MR) is 57.6 cm³/mol. The fourth-order valence-electron chi connectivity index (χ4n) is 1.27. The van der Waals surface area contributed by atoms with E-state index in [0.717, 1.165) is 16.4 Å². The second kappa shape index (κ2) is 4.29. The highest BCUT2D eigenvalue weighted by molar-refractivity contribution is 7.98. The van der Waals surface area contributed by atoms with Gasteiger partial charge in [-0.25, -0.2) is 9.97 Å². The zero-order valence-corrected chi connectivity index (χ0v) is 9.83. The largest absolute Gasteiger partial charge is 0.228 e. The Morgan fingerprint density at radius 2 is 1.92 bits per heavy atom. The molecule has 1 rings (SSSR count). The molecule has 1 aromatic rings. The maximum absolute atomic E-state index is 6.04. The second-order valence-electron chi connectivity index (χ2n) is 3.15. The van der Waals surface area contributed by atoms with Gasteiger partial charge >= 0.3 is 0 Å². The SMILES string of the molecule is CSc1nc(C)c(C(C)C)c(Cl)n1. The van der Waals surface area contributed by atoms with Crippen LogP contribution in [-0.4, -0.2) is 16.2 Å². The van der Waals surface area contributed by atoms with Crippen molar-refractivity contribution < 1.29 is 0 Å². The lowest BCUT2D eigenvalue weighted by molar-refractivity contribution is 0.800. The summed E-state index contributed by atoms with van der Waals surface area (Å²) in [6.45, 7) is 6.16. The van der Waals surface area contributed by atoms with E-state index in [0.29, 0.717) is 11.1 Å². The van der Waals surface area contributed by atoms with Gasteiger partial charge in [-0.05, 0) is 19.1 Å². The number of rotatable bonds is 2. The number of nitrogens with zero attached hydrogens (tertiary/aromatic N) is 2. The topological polar surface area (TPSA) is 25.8 Å². The van der Waals surface area contributed by atoms with Gasteiger partial charge in [0.15, 0.2) is 5.16 Å². The molecule has 0 saturated heterocycles. The number of aromatic nitrogens is 2. The molecule has 0 spiro atoms. The van der Waals surface area contributed by atoms with Crippen molar-refractivity contribution in [2.45, 2.75) is 31.8 Å². The van der Waals surface area contributed by atoms with Crippen molar-refractivity contribution in [1.82, 2.24) is 9.97 Å². The molecule has 0 unspecified atom stereocenters. The first-order valence-corrected chi connectivity index (χ1v) is 5.74. The Morgan fingerprint density at radius 1 is 1.31 bits per heavy atom. The van der Waals surface area contributed by atoms with Crippen LogP contribution in [0.4, 0.5) is 0 Å². The van der Waals surface area contributed by atoms with Gasteiger partial charge in [0.25, 0.3) is 0 Å². The molecule has 13 heavy (non-hydrogen) atoms. The van der Waals surface area contributed by atoms with Crippen LogP contribution in [0, 0.1) is 6.92 Å². The average molecular weight is 217 g/mol. The van der Waals surface area contributed by atoms with Gasteiger partial charge in [0.2, 0.25) is 0 Å². The molecular formula is C9H13ClN2S.